The van der Waals surface area contributed by atoms with E-state index in [2.05, 4.69) is 33.7 Å². The lowest BCUT2D eigenvalue weighted by atomic mass is 10.2. The molecule has 0 bridgehead atoms. The standard InChI is InChI=1S/C19H27N5O2/c1-14-11-15(2)24(23-14)10-6-9-21-19(20-3)22-12-16-13-25-17-7-4-5-8-18(17)26-16/h4-5,7-8,11,16H,6,9-10,12-13H2,1-3H3,(H2,20,21,22). The first-order valence-electron chi connectivity index (χ1n) is 9.00. The zero-order chi connectivity index (χ0) is 18.4. The Labute approximate surface area is 154 Å². The molecule has 2 heterocycles. The number of rotatable bonds is 6. The van der Waals surface area contributed by atoms with Gasteiger partial charge in [0, 0.05) is 25.8 Å². The van der Waals surface area contributed by atoms with Gasteiger partial charge in [-0.15, -0.1) is 0 Å². The SMILES string of the molecule is CN=C(NCCCn1nc(C)cc1C)NCC1COc2ccccc2O1. The fraction of sp³-hybridized carbons (Fsp3) is 0.474. The van der Waals surface area contributed by atoms with E-state index in [1.54, 1.807) is 7.05 Å². The summed E-state index contributed by atoms with van der Waals surface area (Å²) in [6.45, 7) is 6.97. The minimum atomic E-state index is -0.0434. The second-order valence-electron chi connectivity index (χ2n) is 6.38. The van der Waals surface area contributed by atoms with Crippen molar-refractivity contribution in [3.05, 3.63) is 41.7 Å². The van der Waals surface area contributed by atoms with Crippen LogP contribution < -0.4 is 20.1 Å². The van der Waals surface area contributed by atoms with Gasteiger partial charge in [-0.2, -0.15) is 5.10 Å². The van der Waals surface area contributed by atoms with E-state index in [0.29, 0.717) is 13.2 Å². The molecule has 0 amide bonds. The lowest BCUT2D eigenvalue weighted by molar-refractivity contribution is 0.0936. The molecule has 0 saturated heterocycles. The molecular formula is C19H27N5O2. The van der Waals surface area contributed by atoms with Crippen LogP contribution in [0, 0.1) is 13.8 Å². The molecule has 1 unspecified atom stereocenters. The van der Waals surface area contributed by atoms with Gasteiger partial charge >= 0.3 is 0 Å². The molecule has 140 valence electrons. The summed E-state index contributed by atoms with van der Waals surface area (Å²) in [7, 11) is 1.77. The number of ether oxygens (including phenoxy) is 2. The van der Waals surface area contributed by atoms with Crippen LogP contribution in [0.5, 0.6) is 11.5 Å². The van der Waals surface area contributed by atoms with Crippen molar-refractivity contribution in [2.75, 3.05) is 26.7 Å². The Bertz CT molecular complexity index is 756. The Morgan fingerprint density at radius 3 is 2.81 bits per heavy atom. The summed E-state index contributed by atoms with van der Waals surface area (Å²) in [6, 6.07) is 9.83. The third-order valence-electron chi connectivity index (χ3n) is 4.23. The molecule has 3 rings (SSSR count). The van der Waals surface area contributed by atoms with Crippen LogP contribution in [0.2, 0.25) is 0 Å². The number of para-hydroxylation sites is 2. The van der Waals surface area contributed by atoms with E-state index in [4.69, 9.17) is 9.47 Å². The van der Waals surface area contributed by atoms with Crippen LogP contribution in [-0.2, 0) is 6.54 Å². The van der Waals surface area contributed by atoms with E-state index in [1.807, 2.05) is 35.9 Å². The molecule has 0 aliphatic carbocycles. The maximum Gasteiger partial charge on any atom is 0.191 e. The number of aryl methyl sites for hydroxylation is 3. The number of aromatic nitrogens is 2. The summed E-state index contributed by atoms with van der Waals surface area (Å²) in [6.07, 6.45) is 0.928. The molecule has 0 saturated carbocycles. The first-order valence-corrected chi connectivity index (χ1v) is 9.00. The van der Waals surface area contributed by atoms with Gasteiger partial charge in [-0.3, -0.25) is 9.67 Å². The molecule has 7 nitrogen and oxygen atoms in total. The number of fused-ring (bicyclic) bond motifs is 1. The van der Waals surface area contributed by atoms with Crippen molar-refractivity contribution in [1.29, 1.82) is 0 Å². The van der Waals surface area contributed by atoms with Gasteiger partial charge in [0.15, 0.2) is 17.5 Å². The smallest absolute Gasteiger partial charge is 0.191 e. The molecule has 1 aromatic heterocycles. The second kappa shape index (κ2) is 8.60. The van der Waals surface area contributed by atoms with E-state index in [1.165, 1.54) is 5.69 Å². The molecule has 0 radical (unpaired) electrons. The monoisotopic (exact) mass is 357 g/mol. The summed E-state index contributed by atoms with van der Waals surface area (Å²) < 4.78 is 13.7. The molecule has 1 aromatic carbocycles. The summed E-state index contributed by atoms with van der Waals surface area (Å²) in [4.78, 5) is 4.26. The van der Waals surface area contributed by atoms with Gasteiger partial charge in [-0.05, 0) is 38.5 Å². The summed E-state index contributed by atoms with van der Waals surface area (Å²) in [5.41, 5.74) is 2.25. The zero-order valence-electron chi connectivity index (χ0n) is 15.7. The van der Waals surface area contributed by atoms with Crippen LogP contribution in [-0.4, -0.2) is 48.6 Å². The Balaban J connectivity index is 1.38. The Hall–Kier alpha value is -2.70. The van der Waals surface area contributed by atoms with Gasteiger partial charge in [-0.1, -0.05) is 12.1 Å². The zero-order valence-corrected chi connectivity index (χ0v) is 15.7. The van der Waals surface area contributed by atoms with Crippen LogP contribution in [0.25, 0.3) is 0 Å². The molecule has 1 atom stereocenters. The summed E-state index contributed by atoms with van der Waals surface area (Å²) >= 11 is 0. The second-order valence-corrected chi connectivity index (χ2v) is 6.38. The number of guanidine groups is 1. The first-order chi connectivity index (χ1) is 12.7. The van der Waals surface area contributed by atoms with E-state index in [9.17, 15) is 0 Å². The molecule has 2 N–H and O–H groups in total. The first kappa shape index (κ1) is 18.1. The topological polar surface area (TPSA) is 72.7 Å². The van der Waals surface area contributed by atoms with Gasteiger partial charge < -0.3 is 20.1 Å². The number of benzene rings is 1. The summed E-state index contributed by atoms with van der Waals surface area (Å²) in [5, 5.41) is 11.1. The molecular weight excluding hydrogens is 330 g/mol. The molecule has 1 aliphatic rings. The van der Waals surface area contributed by atoms with Crippen LogP contribution >= 0.6 is 0 Å². The van der Waals surface area contributed by atoms with Gasteiger partial charge in [-0.25, -0.2) is 0 Å². The van der Waals surface area contributed by atoms with Crippen molar-refractivity contribution >= 4 is 5.96 Å². The van der Waals surface area contributed by atoms with Crippen molar-refractivity contribution in [2.24, 2.45) is 4.99 Å². The largest absolute Gasteiger partial charge is 0.486 e. The fourth-order valence-electron chi connectivity index (χ4n) is 2.93. The highest BCUT2D eigenvalue weighted by molar-refractivity contribution is 5.79. The minimum absolute atomic E-state index is 0.0434. The molecule has 7 heteroatoms. The quantitative estimate of drug-likeness (QED) is 0.469. The number of nitrogens with one attached hydrogen (secondary N) is 2. The van der Waals surface area contributed by atoms with Gasteiger partial charge in [0.2, 0.25) is 0 Å². The van der Waals surface area contributed by atoms with Gasteiger partial charge in [0.05, 0.1) is 12.2 Å². The van der Waals surface area contributed by atoms with Crippen LogP contribution in [0.3, 0.4) is 0 Å². The van der Waals surface area contributed by atoms with E-state index in [-0.39, 0.29) is 6.10 Å². The van der Waals surface area contributed by atoms with Crippen LogP contribution in [0.4, 0.5) is 0 Å². The highest BCUT2D eigenvalue weighted by Crippen LogP contribution is 2.30. The average Bonchev–Trinajstić information content (AvgIpc) is 2.98. The maximum atomic E-state index is 5.94. The Morgan fingerprint density at radius 1 is 1.27 bits per heavy atom. The lowest BCUT2D eigenvalue weighted by Gasteiger charge is -2.27. The molecule has 0 fully saturated rings. The fourth-order valence-corrected chi connectivity index (χ4v) is 2.93. The van der Waals surface area contributed by atoms with Gasteiger partial charge in [0.25, 0.3) is 0 Å². The molecule has 0 spiro atoms. The van der Waals surface area contributed by atoms with Crippen molar-refractivity contribution in [1.82, 2.24) is 20.4 Å². The normalized spacial score (nSPS) is 16.4. The number of hydrogen-bond donors (Lipinski definition) is 2. The molecule has 26 heavy (non-hydrogen) atoms. The predicted octanol–water partition coefficient (Wildman–Crippen LogP) is 1.90. The van der Waals surface area contributed by atoms with E-state index < -0.39 is 0 Å². The number of hydrogen-bond acceptors (Lipinski definition) is 4. The van der Waals surface area contributed by atoms with Crippen molar-refractivity contribution in [3.63, 3.8) is 0 Å². The average molecular weight is 357 g/mol. The highest BCUT2D eigenvalue weighted by Gasteiger charge is 2.20. The van der Waals surface area contributed by atoms with Crippen molar-refractivity contribution < 1.29 is 9.47 Å². The maximum absolute atomic E-state index is 5.94. The highest BCUT2D eigenvalue weighted by atomic mass is 16.6. The third-order valence-corrected chi connectivity index (χ3v) is 4.23. The number of nitrogens with zero attached hydrogens (tertiary/aromatic N) is 3. The van der Waals surface area contributed by atoms with Crippen LogP contribution in [0.1, 0.15) is 17.8 Å². The third kappa shape index (κ3) is 4.68. The van der Waals surface area contributed by atoms with Crippen LogP contribution in [0.15, 0.2) is 35.3 Å². The lowest BCUT2D eigenvalue weighted by Crippen LogP contribution is -2.45. The van der Waals surface area contributed by atoms with Gasteiger partial charge in [0.1, 0.15) is 12.7 Å². The predicted molar refractivity (Wildman–Crippen MR) is 102 cm³/mol. The van der Waals surface area contributed by atoms with E-state index in [0.717, 1.165) is 42.7 Å². The molecule has 2 aromatic rings. The minimum Gasteiger partial charge on any atom is -0.486 e. The number of aliphatic imine (C=N–C) groups is 1. The van der Waals surface area contributed by atoms with Crippen molar-refractivity contribution in [3.8, 4) is 11.5 Å². The van der Waals surface area contributed by atoms with E-state index >= 15 is 0 Å². The Kier molecular flexibility index (Phi) is 5.99. The molecule has 1 aliphatic heterocycles. The van der Waals surface area contributed by atoms with Crippen molar-refractivity contribution in [2.45, 2.75) is 32.9 Å². The summed E-state index contributed by atoms with van der Waals surface area (Å²) in [5.74, 6) is 2.36. The Morgan fingerprint density at radius 2 is 2.08 bits per heavy atom.